The number of benzene rings is 2. The van der Waals surface area contributed by atoms with E-state index < -0.39 is 0 Å². The first kappa shape index (κ1) is 14.8. The predicted octanol–water partition coefficient (Wildman–Crippen LogP) is 5.56. The summed E-state index contributed by atoms with van der Waals surface area (Å²) in [7, 11) is 0. The molecule has 0 saturated heterocycles. The Morgan fingerprint density at radius 1 is 1.10 bits per heavy atom. The van der Waals surface area contributed by atoms with E-state index in [-0.39, 0.29) is 0 Å². The Kier molecular flexibility index (Phi) is 4.73. The standard InChI is InChI=1S/C18H18BrNS/c1-2-20-18(9-13-7-8-21-12-13)16-4-3-15-11-17(19)6-5-14(15)10-16/h3-8,10-12,18,20H,2,9H2,1H3. The highest BCUT2D eigenvalue weighted by molar-refractivity contribution is 9.10. The van der Waals surface area contributed by atoms with Crippen molar-refractivity contribution in [3.63, 3.8) is 0 Å². The summed E-state index contributed by atoms with van der Waals surface area (Å²) in [6.07, 6.45) is 1.04. The molecule has 2 aromatic carbocycles. The number of likely N-dealkylation sites (N-methyl/N-ethyl adjacent to an activating group) is 1. The molecule has 1 N–H and O–H groups in total. The smallest absolute Gasteiger partial charge is 0.0361 e. The fourth-order valence-electron chi connectivity index (χ4n) is 2.65. The van der Waals surface area contributed by atoms with Crippen LogP contribution in [0.2, 0.25) is 0 Å². The van der Waals surface area contributed by atoms with Gasteiger partial charge in [0.1, 0.15) is 0 Å². The Morgan fingerprint density at radius 3 is 2.67 bits per heavy atom. The summed E-state index contributed by atoms with van der Waals surface area (Å²) in [5.41, 5.74) is 2.76. The highest BCUT2D eigenvalue weighted by Crippen LogP contribution is 2.26. The third-order valence-electron chi connectivity index (χ3n) is 3.70. The number of thiophene rings is 1. The van der Waals surface area contributed by atoms with E-state index in [1.807, 2.05) is 0 Å². The molecule has 3 aromatic rings. The van der Waals surface area contributed by atoms with Crippen molar-refractivity contribution in [3.05, 3.63) is 68.8 Å². The van der Waals surface area contributed by atoms with Crippen LogP contribution in [-0.2, 0) is 6.42 Å². The maximum absolute atomic E-state index is 3.61. The van der Waals surface area contributed by atoms with Gasteiger partial charge in [0.05, 0.1) is 0 Å². The van der Waals surface area contributed by atoms with Crippen molar-refractivity contribution in [2.75, 3.05) is 6.54 Å². The topological polar surface area (TPSA) is 12.0 Å². The zero-order chi connectivity index (χ0) is 14.7. The van der Waals surface area contributed by atoms with Crippen molar-refractivity contribution in [1.29, 1.82) is 0 Å². The molecule has 0 fully saturated rings. The number of nitrogens with one attached hydrogen (secondary N) is 1. The molecule has 1 aromatic heterocycles. The fraction of sp³-hybridized carbons (Fsp3) is 0.222. The van der Waals surface area contributed by atoms with E-state index in [4.69, 9.17) is 0 Å². The van der Waals surface area contributed by atoms with Crippen LogP contribution < -0.4 is 5.32 Å². The van der Waals surface area contributed by atoms with Gasteiger partial charge in [0.2, 0.25) is 0 Å². The molecule has 0 bridgehead atoms. The van der Waals surface area contributed by atoms with E-state index in [0.29, 0.717) is 6.04 Å². The van der Waals surface area contributed by atoms with Gasteiger partial charge >= 0.3 is 0 Å². The summed E-state index contributed by atoms with van der Waals surface area (Å²) < 4.78 is 1.13. The molecule has 1 unspecified atom stereocenters. The lowest BCUT2D eigenvalue weighted by molar-refractivity contribution is 0.551. The largest absolute Gasteiger partial charge is 0.310 e. The Balaban J connectivity index is 1.92. The van der Waals surface area contributed by atoms with Gasteiger partial charge in [-0.15, -0.1) is 0 Å². The summed E-state index contributed by atoms with van der Waals surface area (Å²) >= 11 is 5.30. The summed E-state index contributed by atoms with van der Waals surface area (Å²) in [4.78, 5) is 0. The van der Waals surface area contributed by atoms with Crippen LogP contribution >= 0.6 is 27.3 Å². The van der Waals surface area contributed by atoms with Gasteiger partial charge in [0, 0.05) is 10.5 Å². The lowest BCUT2D eigenvalue weighted by Crippen LogP contribution is -2.22. The monoisotopic (exact) mass is 359 g/mol. The van der Waals surface area contributed by atoms with Crippen LogP contribution in [0, 0.1) is 0 Å². The van der Waals surface area contributed by atoms with Gasteiger partial charge < -0.3 is 5.32 Å². The second-order valence-corrected chi connectivity index (χ2v) is 6.89. The highest BCUT2D eigenvalue weighted by atomic mass is 79.9. The van der Waals surface area contributed by atoms with Gasteiger partial charge in [-0.1, -0.05) is 41.1 Å². The Bertz CT molecular complexity index is 721. The second-order valence-electron chi connectivity index (χ2n) is 5.20. The van der Waals surface area contributed by atoms with Crippen LogP contribution in [0.1, 0.15) is 24.1 Å². The van der Waals surface area contributed by atoms with Crippen LogP contribution in [0.15, 0.2) is 57.7 Å². The minimum absolute atomic E-state index is 0.373. The van der Waals surface area contributed by atoms with E-state index in [2.05, 4.69) is 81.4 Å². The maximum Gasteiger partial charge on any atom is 0.0361 e. The van der Waals surface area contributed by atoms with Crippen molar-refractivity contribution in [1.82, 2.24) is 5.32 Å². The summed E-state index contributed by atoms with van der Waals surface area (Å²) in [5, 5.41) is 10.6. The SMILES string of the molecule is CCNC(Cc1ccsc1)c1ccc2cc(Br)ccc2c1. The number of rotatable bonds is 5. The average Bonchev–Trinajstić information content (AvgIpc) is 2.99. The molecule has 0 radical (unpaired) electrons. The summed E-state index contributed by atoms with van der Waals surface area (Å²) in [6, 6.07) is 15.8. The maximum atomic E-state index is 3.61. The minimum Gasteiger partial charge on any atom is -0.310 e. The molecule has 3 heteroatoms. The van der Waals surface area contributed by atoms with Gasteiger partial charge in [0.15, 0.2) is 0 Å². The van der Waals surface area contributed by atoms with Gasteiger partial charge in [-0.2, -0.15) is 11.3 Å². The molecule has 0 spiro atoms. The molecule has 0 aliphatic carbocycles. The van der Waals surface area contributed by atoms with Crippen LogP contribution in [0.3, 0.4) is 0 Å². The highest BCUT2D eigenvalue weighted by Gasteiger charge is 2.12. The zero-order valence-corrected chi connectivity index (χ0v) is 14.4. The van der Waals surface area contributed by atoms with Gasteiger partial charge in [0.25, 0.3) is 0 Å². The number of fused-ring (bicyclic) bond motifs is 1. The number of hydrogen-bond donors (Lipinski definition) is 1. The first-order valence-corrected chi connectivity index (χ1v) is 8.93. The molecule has 108 valence electrons. The van der Waals surface area contributed by atoms with Crippen molar-refractivity contribution in [2.24, 2.45) is 0 Å². The molecule has 1 heterocycles. The molecular formula is C18H18BrNS. The molecule has 0 saturated carbocycles. The van der Waals surface area contributed by atoms with Crippen LogP contribution in [0.5, 0.6) is 0 Å². The molecule has 0 amide bonds. The summed E-state index contributed by atoms with van der Waals surface area (Å²) in [6.45, 7) is 3.14. The van der Waals surface area contributed by atoms with Crippen molar-refractivity contribution in [2.45, 2.75) is 19.4 Å². The van der Waals surface area contributed by atoms with Crippen molar-refractivity contribution < 1.29 is 0 Å². The molecule has 0 aliphatic rings. The van der Waals surface area contributed by atoms with Gasteiger partial charge in [-0.3, -0.25) is 0 Å². The van der Waals surface area contributed by atoms with Gasteiger partial charge in [-0.05, 0) is 69.9 Å². The van der Waals surface area contributed by atoms with Crippen LogP contribution in [-0.4, -0.2) is 6.54 Å². The lowest BCUT2D eigenvalue weighted by atomic mass is 9.97. The summed E-state index contributed by atoms with van der Waals surface area (Å²) in [5.74, 6) is 0. The molecule has 3 rings (SSSR count). The lowest BCUT2D eigenvalue weighted by Gasteiger charge is -2.18. The molecule has 21 heavy (non-hydrogen) atoms. The second kappa shape index (κ2) is 6.73. The van der Waals surface area contributed by atoms with E-state index >= 15 is 0 Å². The third kappa shape index (κ3) is 3.54. The zero-order valence-electron chi connectivity index (χ0n) is 12.0. The number of hydrogen-bond acceptors (Lipinski definition) is 2. The van der Waals surface area contributed by atoms with Crippen LogP contribution in [0.4, 0.5) is 0 Å². The first-order valence-electron chi connectivity index (χ1n) is 7.20. The van der Waals surface area contributed by atoms with E-state index in [0.717, 1.165) is 17.4 Å². The molecule has 1 atom stereocenters. The first-order chi connectivity index (χ1) is 10.3. The number of halogens is 1. The quantitative estimate of drug-likeness (QED) is 0.628. The van der Waals surface area contributed by atoms with Crippen LogP contribution in [0.25, 0.3) is 10.8 Å². The van der Waals surface area contributed by atoms with Crippen molar-refractivity contribution >= 4 is 38.0 Å². The van der Waals surface area contributed by atoms with Crippen molar-refractivity contribution in [3.8, 4) is 0 Å². The minimum atomic E-state index is 0.373. The normalized spacial score (nSPS) is 12.7. The Labute approximate surface area is 138 Å². The molecule has 0 aliphatic heterocycles. The van der Waals surface area contributed by atoms with E-state index in [9.17, 15) is 0 Å². The van der Waals surface area contributed by atoms with E-state index in [1.54, 1.807) is 11.3 Å². The Hall–Kier alpha value is -1.16. The third-order valence-corrected chi connectivity index (χ3v) is 4.92. The molecule has 1 nitrogen and oxygen atoms in total. The fourth-order valence-corrected chi connectivity index (χ4v) is 3.71. The Morgan fingerprint density at radius 2 is 1.90 bits per heavy atom. The predicted molar refractivity (Wildman–Crippen MR) is 96.1 cm³/mol. The van der Waals surface area contributed by atoms with E-state index in [1.165, 1.54) is 21.9 Å². The van der Waals surface area contributed by atoms with Gasteiger partial charge in [-0.25, -0.2) is 0 Å². The molecular weight excluding hydrogens is 342 g/mol. The average molecular weight is 360 g/mol.